The Morgan fingerprint density at radius 2 is 2.09 bits per heavy atom. The standard InChI is InChI=1S/C7H7IOS.K/c1-9-5-2-3-6(8)7(10)4-5;/h2-4,10H,1H3;/q;+1/p-1. The molecule has 0 fully saturated rings. The normalized spacial score (nSPS) is 8.55. The van der Waals surface area contributed by atoms with E-state index in [2.05, 4.69) is 22.6 Å². The predicted molar refractivity (Wildman–Crippen MR) is 51.3 cm³/mol. The maximum absolute atomic E-state index is 5.02. The smallest absolute Gasteiger partial charge is 0.779 e. The van der Waals surface area contributed by atoms with Crippen LogP contribution < -0.4 is 56.1 Å². The summed E-state index contributed by atoms with van der Waals surface area (Å²) in [4.78, 5) is 0.847. The van der Waals surface area contributed by atoms with Crippen molar-refractivity contribution in [3.63, 3.8) is 0 Å². The first kappa shape index (κ1) is 12.6. The minimum Gasteiger partial charge on any atom is -0.779 e. The number of rotatable bonds is 1. The molecule has 1 aromatic rings. The second kappa shape index (κ2) is 6.12. The van der Waals surface area contributed by atoms with Crippen molar-refractivity contribution in [1.29, 1.82) is 0 Å². The first-order valence-electron chi connectivity index (χ1n) is 2.74. The molecule has 1 nitrogen and oxygen atoms in total. The summed E-state index contributed by atoms with van der Waals surface area (Å²) in [5, 5.41) is 0. The van der Waals surface area contributed by atoms with Gasteiger partial charge in [0.05, 0.1) is 7.11 Å². The first-order chi connectivity index (χ1) is 4.74. The van der Waals surface area contributed by atoms with Crippen LogP contribution in [0.4, 0.5) is 0 Å². The maximum atomic E-state index is 5.02. The van der Waals surface area contributed by atoms with Crippen LogP contribution in [0, 0.1) is 3.57 Å². The minimum atomic E-state index is 0. The van der Waals surface area contributed by atoms with Crippen molar-refractivity contribution in [1.82, 2.24) is 0 Å². The average molecular weight is 304 g/mol. The molecule has 0 N–H and O–H groups in total. The van der Waals surface area contributed by atoms with E-state index in [9.17, 15) is 0 Å². The molecular weight excluding hydrogens is 298 g/mol. The summed E-state index contributed by atoms with van der Waals surface area (Å²) in [6, 6.07) is 5.69. The quantitative estimate of drug-likeness (QED) is 0.382. The van der Waals surface area contributed by atoms with E-state index in [4.69, 9.17) is 17.4 Å². The molecule has 0 aliphatic carbocycles. The molecule has 0 saturated heterocycles. The van der Waals surface area contributed by atoms with Gasteiger partial charge in [-0.2, -0.15) is 4.90 Å². The zero-order valence-electron chi connectivity index (χ0n) is 6.43. The molecule has 0 radical (unpaired) electrons. The van der Waals surface area contributed by atoms with Crippen molar-refractivity contribution in [2.75, 3.05) is 7.11 Å². The third-order valence-corrected chi connectivity index (χ3v) is 2.78. The fourth-order valence-electron chi connectivity index (χ4n) is 0.611. The predicted octanol–water partition coefficient (Wildman–Crippen LogP) is -0.790. The number of ether oxygens (including phenoxy) is 1. The Kier molecular flexibility index (Phi) is 7.01. The van der Waals surface area contributed by atoms with Gasteiger partial charge in [-0.15, -0.1) is 0 Å². The van der Waals surface area contributed by atoms with Crippen LogP contribution in [0.1, 0.15) is 0 Å². The van der Waals surface area contributed by atoms with Crippen molar-refractivity contribution in [2.24, 2.45) is 0 Å². The third-order valence-electron chi connectivity index (χ3n) is 1.14. The number of hydrogen-bond acceptors (Lipinski definition) is 2. The Hall–Kier alpha value is 1.61. The molecule has 11 heavy (non-hydrogen) atoms. The van der Waals surface area contributed by atoms with Gasteiger partial charge in [0.1, 0.15) is 5.75 Å². The largest absolute Gasteiger partial charge is 1.00 e. The van der Waals surface area contributed by atoms with Crippen LogP contribution in [0.5, 0.6) is 5.75 Å². The van der Waals surface area contributed by atoms with Gasteiger partial charge >= 0.3 is 51.4 Å². The number of halogens is 1. The van der Waals surface area contributed by atoms with Crippen molar-refractivity contribution in [3.05, 3.63) is 21.8 Å². The van der Waals surface area contributed by atoms with Gasteiger partial charge in [0.15, 0.2) is 0 Å². The molecule has 0 spiro atoms. The molecule has 0 amide bonds. The summed E-state index contributed by atoms with van der Waals surface area (Å²) in [5.41, 5.74) is 0. The second-order valence-corrected chi connectivity index (χ2v) is 3.40. The Bertz CT molecular complexity index is 242. The van der Waals surface area contributed by atoms with Crippen LogP contribution in [0.25, 0.3) is 0 Å². The molecule has 4 heteroatoms. The van der Waals surface area contributed by atoms with Crippen LogP contribution in [0.15, 0.2) is 23.1 Å². The van der Waals surface area contributed by atoms with Gasteiger partial charge in [0.25, 0.3) is 0 Å². The van der Waals surface area contributed by atoms with Crippen LogP contribution in [0.2, 0.25) is 0 Å². The molecule has 0 aromatic heterocycles. The van der Waals surface area contributed by atoms with E-state index in [1.54, 1.807) is 7.11 Å². The minimum absolute atomic E-state index is 0. The van der Waals surface area contributed by atoms with Gasteiger partial charge in [0.2, 0.25) is 0 Å². The molecule has 0 aliphatic heterocycles. The zero-order chi connectivity index (χ0) is 7.56. The maximum Gasteiger partial charge on any atom is 1.00 e. The number of methoxy groups -OCH3 is 1. The summed E-state index contributed by atoms with van der Waals surface area (Å²) in [6.07, 6.45) is 0. The molecule has 0 unspecified atom stereocenters. The van der Waals surface area contributed by atoms with Crippen LogP contribution in [-0.4, -0.2) is 7.11 Å². The van der Waals surface area contributed by atoms with E-state index in [-0.39, 0.29) is 51.4 Å². The van der Waals surface area contributed by atoms with Crippen molar-refractivity contribution in [3.8, 4) is 5.75 Å². The Labute approximate surface area is 128 Å². The van der Waals surface area contributed by atoms with E-state index >= 15 is 0 Å². The van der Waals surface area contributed by atoms with E-state index in [1.807, 2.05) is 18.2 Å². The molecule has 0 aliphatic rings. The van der Waals surface area contributed by atoms with Crippen molar-refractivity contribution < 1.29 is 56.1 Å². The zero-order valence-corrected chi connectivity index (χ0v) is 12.5. The molecule has 1 aromatic carbocycles. The average Bonchev–Trinajstić information content (AvgIpc) is 1.95. The van der Waals surface area contributed by atoms with Gasteiger partial charge in [0, 0.05) is 0 Å². The van der Waals surface area contributed by atoms with Gasteiger partial charge in [-0.25, -0.2) is 0 Å². The summed E-state index contributed by atoms with van der Waals surface area (Å²) in [5.74, 6) is 0.824. The van der Waals surface area contributed by atoms with E-state index in [1.165, 1.54) is 0 Å². The Balaban J connectivity index is 0.000001000. The molecule has 0 atom stereocenters. The monoisotopic (exact) mass is 304 g/mol. The second-order valence-electron chi connectivity index (χ2n) is 1.80. The van der Waals surface area contributed by atoms with Crippen LogP contribution in [0.3, 0.4) is 0 Å². The van der Waals surface area contributed by atoms with Gasteiger partial charge < -0.3 is 17.4 Å². The van der Waals surface area contributed by atoms with E-state index in [0.717, 1.165) is 14.2 Å². The number of benzene rings is 1. The summed E-state index contributed by atoms with van der Waals surface area (Å²) in [7, 11) is 1.64. The van der Waals surface area contributed by atoms with Crippen molar-refractivity contribution in [2.45, 2.75) is 4.90 Å². The molecular formula is C7H6IKOS. The van der Waals surface area contributed by atoms with E-state index < -0.39 is 0 Å². The van der Waals surface area contributed by atoms with Gasteiger partial charge in [-0.3, -0.25) is 0 Å². The Morgan fingerprint density at radius 1 is 1.45 bits per heavy atom. The van der Waals surface area contributed by atoms with Crippen LogP contribution >= 0.6 is 22.6 Å². The molecule has 1 rings (SSSR count). The van der Waals surface area contributed by atoms with Gasteiger partial charge in [-0.1, -0.05) is 0 Å². The molecule has 0 bridgehead atoms. The molecule has 0 heterocycles. The molecule has 54 valence electrons. The van der Waals surface area contributed by atoms with Gasteiger partial charge in [-0.05, 0) is 44.4 Å². The summed E-state index contributed by atoms with van der Waals surface area (Å²) in [6.45, 7) is 0. The fourth-order valence-corrected chi connectivity index (χ4v) is 1.13. The van der Waals surface area contributed by atoms with Crippen LogP contribution in [-0.2, 0) is 12.6 Å². The third kappa shape index (κ3) is 3.88. The van der Waals surface area contributed by atoms with E-state index in [0.29, 0.717) is 0 Å². The Morgan fingerprint density at radius 3 is 2.55 bits per heavy atom. The first-order valence-corrected chi connectivity index (χ1v) is 4.23. The number of hydrogen-bond donors (Lipinski definition) is 0. The molecule has 0 saturated carbocycles. The fraction of sp³-hybridized carbons (Fsp3) is 0.143. The summed E-state index contributed by atoms with van der Waals surface area (Å²) < 4.78 is 6.07. The van der Waals surface area contributed by atoms with Crippen molar-refractivity contribution >= 4 is 35.2 Å². The topological polar surface area (TPSA) is 9.23 Å². The SMILES string of the molecule is COc1ccc(I)c([S-])c1.[K+]. The summed E-state index contributed by atoms with van der Waals surface area (Å²) >= 11 is 7.22.